The molecule has 1 aliphatic rings. The van der Waals surface area contributed by atoms with E-state index in [0.29, 0.717) is 4.77 Å². The lowest BCUT2D eigenvalue weighted by atomic mass is 9.98. The molecule has 0 saturated heterocycles. The van der Waals surface area contributed by atoms with Crippen LogP contribution in [0.5, 0.6) is 0 Å². The van der Waals surface area contributed by atoms with E-state index in [1.807, 2.05) is 31.2 Å². The van der Waals surface area contributed by atoms with Crippen LogP contribution in [0.15, 0.2) is 29.1 Å². The first-order chi connectivity index (χ1) is 11.7. The lowest BCUT2D eigenvalue weighted by Crippen LogP contribution is -2.21. The van der Waals surface area contributed by atoms with Gasteiger partial charge in [0.2, 0.25) is 0 Å². The zero-order valence-electron chi connectivity index (χ0n) is 13.7. The molecule has 5 heteroatoms. The summed E-state index contributed by atoms with van der Waals surface area (Å²) in [5.41, 5.74) is 3.21. The summed E-state index contributed by atoms with van der Waals surface area (Å²) < 4.78 is 2.15. The maximum Gasteiger partial charge on any atom is 0.267 e. The number of hydrogen-bond acceptors (Lipinski definition) is 3. The summed E-state index contributed by atoms with van der Waals surface area (Å²) in [4.78, 5) is 19.0. The number of nitrogens with zero attached hydrogens (tertiary/aromatic N) is 1. The van der Waals surface area contributed by atoms with Crippen LogP contribution >= 0.6 is 23.6 Å². The van der Waals surface area contributed by atoms with E-state index in [1.165, 1.54) is 29.7 Å². The van der Waals surface area contributed by atoms with Crippen molar-refractivity contribution in [2.45, 2.75) is 45.4 Å². The average Bonchev–Trinajstić information content (AvgIpc) is 2.86. The standard InChI is InChI=1S/C19H20N2OS2/c1-12-8-6-7-10-14(12)21-18(22)16-13-9-4-2-3-5-11-15(13)24-17(16)20-19(21)23/h6-8,10H,2-5,9,11H2,1H3,(H,20,23). The van der Waals surface area contributed by atoms with Gasteiger partial charge in [0.05, 0.1) is 11.1 Å². The van der Waals surface area contributed by atoms with Crippen molar-refractivity contribution in [3.8, 4) is 5.69 Å². The molecular formula is C19H20N2OS2. The molecule has 0 fully saturated rings. The molecule has 2 aromatic heterocycles. The van der Waals surface area contributed by atoms with E-state index in [-0.39, 0.29) is 5.56 Å². The molecule has 0 atom stereocenters. The summed E-state index contributed by atoms with van der Waals surface area (Å²) >= 11 is 7.24. The Morgan fingerprint density at radius 2 is 1.88 bits per heavy atom. The number of para-hydroxylation sites is 1. The summed E-state index contributed by atoms with van der Waals surface area (Å²) in [5.74, 6) is 0. The molecule has 24 heavy (non-hydrogen) atoms. The van der Waals surface area contributed by atoms with Gasteiger partial charge in [-0.15, -0.1) is 11.3 Å². The van der Waals surface area contributed by atoms with Crippen LogP contribution < -0.4 is 5.56 Å². The highest BCUT2D eigenvalue weighted by molar-refractivity contribution is 7.71. The second-order valence-corrected chi connectivity index (χ2v) is 7.97. The van der Waals surface area contributed by atoms with Crippen LogP contribution in [0.2, 0.25) is 0 Å². The molecule has 4 rings (SSSR count). The summed E-state index contributed by atoms with van der Waals surface area (Å²) in [7, 11) is 0. The molecule has 0 aliphatic heterocycles. The van der Waals surface area contributed by atoms with E-state index in [1.54, 1.807) is 15.9 Å². The van der Waals surface area contributed by atoms with Gasteiger partial charge in [0, 0.05) is 4.88 Å². The highest BCUT2D eigenvalue weighted by Gasteiger charge is 2.19. The lowest BCUT2D eigenvalue weighted by molar-refractivity contribution is 0.623. The maximum atomic E-state index is 13.3. The van der Waals surface area contributed by atoms with E-state index >= 15 is 0 Å². The third-order valence-electron chi connectivity index (χ3n) is 4.87. The molecule has 0 bridgehead atoms. The third kappa shape index (κ3) is 2.56. The first-order valence-electron chi connectivity index (χ1n) is 8.52. The lowest BCUT2D eigenvalue weighted by Gasteiger charge is -2.11. The van der Waals surface area contributed by atoms with Crippen LogP contribution in [-0.2, 0) is 12.8 Å². The molecule has 2 heterocycles. The van der Waals surface area contributed by atoms with Crippen molar-refractivity contribution < 1.29 is 0 Å². The van der Waals surface area contributed by atoms with Gasteiger partial charge < -0.3 is 4.98 Å². The SMILES string of the molecule is Cc1ccccc1-n1c(=S)[nH]c2sc3c(c2c1=O)CCCCCC3. The molecule has 0 saturated carbocycles. The van der Waals surface area contributed by atoms with E-state index in [2.05, 4.69) is 4.98 Å². The van der Waals surface area contributed by atoms with Gasteiger partial charge in [-0.05, 0) is 62.0 Å². The Kier molecular flexibility index (Phi) is 4.14. The minimum Gasteiger partial charge on any atom is -0.323 e. The van der Waals surface area contributed by atoms with Gasteiger partial charge in [-0.25, -0.2) is 0 Å². The second kappa shape index (κ2) is 6.30. The Hall–Kier alpha value is -1.72. The molecular weight excluding hydrogens is 336 g/mol. The number of aryl methyl sites for hydroxylation is 3. The van der Waals surface area contributed by atoms with Gasteiger partial charge in [-0.2, -0.15) is 0 Å². The fourth-order valence-corrected chi connectivity index (χ4v) is 5.25. The highest BCUT2D eigenvalue weighted by Crippen LogP contribution is 2.32. The highest BCUT2D eigenvalue weighted by atomic mass is 32.1. The number of hydrogen-bond donors (Lipinski definition) is 1. The normalized spacial score (nSPS) is 15.0. The third-order valence-corrected chi connectivity index (χ3v) is 6.36. The Balaban J connectivity index is 2.04. The van der Waals surface area contributed by atoms with Crippen molar-refractivity contribution in [2.24, 2.45) is 0 Å². The minimum absolute atomic E-state index is 0.0288. The number of nitrogens with one attached hydrogen (secondary N) is 1. The second-order valence-electron chi connectivity index (χ2n) is 6.48. The molecule has 3 nitrogen and oxygen atoms in total. The minimum atomic E-state index is 0.0288. The summed E-state index contributed by atoms with van der Waals surface area (Å²) in [5, 5.41) is 0.855. The molecule has 1 N–H and O–H groups in total. The number of thiophene rings is 1. The van der Waals surface area contributed by atoms with Crippen LogP contribution in [0.3, 0.4) is 0 Å². The maximum absolute atomic E-state index is 13.3. The largest absolute Gasteiger partial charge is 0.323 e. The number of aromatic nitrogens is 2. The van der Waals surface area contributed by atoms with Gasteiger partial charge in [-0.3, -0.25) is 9.36 Å². The fourth-order valence-electron chi connectivity index (χ4n) is 3.62. The first kappa shape index (κ1) is 15.8. The van der Waals surface area contributed by atoms with Gasteiger partial charge in [0.15, 0.2) is 4.77 Å². The molecule has 1 aliphatic carbocycles. The van der Waals surface area contributed by atoms with Crippen molar-refractivity contribution in [2.75, 3.05) is 0 Å². The topological polar surface area (TPSA) is 37.8 Å². The van der Waals surface area contributed by atoms with Crippen molar-refractivity contribution in [3.05, 3.63) is 55.4 Å². The Morgan fingerprint density at radius 3 is 2.67 bits per heavy atom. The summed E-state index contributed by atoms with van der Waals surface area (Å²) in [6.07, 6.45) is 7.01. The van der Waals surface area contributed by atoms with E-state index in [0.717, 1.165) is 40.7 Å². The number of fused-ring (bicyclic) bond motifs is 3. The van der Waals surface area contributed by atoms with E-state index in [4.69, 9.17) is 12.2 Å². The first-order valence-corrected chi connectivity index (χ1v) is 9.75. The van der Waals surface area contributed by atoms with Crippen LogP contribution in [0.4, 0.5) is 0 Å². The molecule has 1 aromatic carbocycles. The number of rotatable bonds is 1. The van der Waals surface area contributed by atoms with Crippen molar-refractivity contribution in [1.82, 2.24) is 9.55 Å². The molecule has 0 amide bonds. The van der Waals surface area contributed by atoms with E-state index < -0.39 is 0 Å². The zero-order valence-corrected chi connectivity index (χ0v) is 15.4. The van der Waals surface area contributed by atoms with Crippen LogP contribution in [0, 0.1) is 11.7 Å². The molecule has 0 radical (unpaired) electrons. The van der Waals surface area contributed by atoms with Gasteiger partial charge >= 0.3 is 0 Å². The monoisotopic (exact) mass is 356 g/mol. The van der Waals surface area contributed by atoms with Crippen LogP contribution in [0.25, 0.3) is 15.9 Å². The zero-order chi connectivity index (χ0) is 16.7. The molecule has 0 unspecified atom stereocenters. The van der Waals surface area contributed by atoms with Crippen LogP contribution in [0.1, 0.15) is 41.7 Å². The Morgan fingerprint density at radius 1 is 1.12 bits per heavy atom. The smallest absolute Gasteiger partial charge is 0.267 e. The quantitative estimate of drug-likeness (QED) is 0.618. The average molecular weight is 357 g/mol. The summed E-state index contributed by atoms with van der Waals surface area (Å²) in [6.45, 7) is 2.01. The predicted octanol–water partition coefficient (Wildman–Crippen LogP) is 5.08. The van der Waals surface area contributed by atoms with Crippen molar-refractivity contribution in [3.63, 3.8) is 0 Å². The predicted molar refractivity (Wildman–Crippen MR) is 103 cm³/mol. The number of H-pyrrole nitrogens is 1. The number of benzene rings is 1. The van der Waals surface area contributed by atoms with Gasteiger partial charge in [0.1, 0.15) is 4.83 Å². The molecule has 124 valence electrons. The number of aromatic amines is 1. The summed E-state index contributed by atoms with van der Waals surface area (Å²) in [6, 6.07) is 7.91. The van der Waals surface area contributed by atoms with Crippen molar-refractivity contribution in [1.29, 1.82) is 0 Å². The Bertz CT molecular complexity index is 1030. The molecule has 0 spiro atoms. The van der Waals surface area contributed by atoms with Crippen LogP contribution in [-0.4, -0.2) is 9.55 Å². The van der Waals surface area contributed by atoms with Gasteiger partial charge in [0.25, 0.3) is 5.56 Å². The van der Waals surface area contributed by atoms with E-state index in [9.17, 15) is 4.79 Å². The fraction of sp³-hybridized carbons (Fsp3) is 0.368. The Labute approximate surface area is 150 Å². The van der Waals surface area contributed by atoms with Gasteiger partial charge in [-0.1, -0.05) is 31.0 Å². The van der Waals surface area contributed by atoms with Crippen molar-refractivity contribution >= 4 is 33.8 Å². The molecule has 3 aromatic rings.